The number of hydrogen-bond donors (Lipinski definition) is 2. The van der Waals surface area contributed by atoms with Gasteiger partial charge in [-0.2, -0.15) is 0 Å². The second kappa shape index (κ2) is 12.1. The Hall–Kier alpha value is -1.51. The van der Waals surface area contributed by atoms with Crippen LogP contribution >= 0.6 is 24.0 Å². The first-order chi connectivity index (χ1) is 13.3. The average molecular weight is 499 g/mol. The van der Waals surface area contributed by atoms with Gasteiger partial charge in [-0.1, -0.05) is 37.5 Å². The van der Waals surface area contributed by atoms with Crippen LogP contribution in [-0.2, 0) is 4.79 Å². The van der Waals surface area contributed by atoms with Crippen molar-refractivity contribution in [2.24, 2.45) is 10.9 Å². The number of carbonyl (C=O) groups is 1. The number of para-hydroxylation sites is 1. The van der Waals surface area contributed by atoms with Gasteiger partial charge in [0.05, 0.1) is 0 Å². The van der Waals surface area contributed by atoms with Crippen LogP contribution in [0.4, 0.5) is 5.69 Å². The molecule has 1 amide bonds. The van der Waals surface area contributed by atoms with Crippen molar-refractivity contribution >= 4 is 41.5 Å². The Bertz CT molecular complexity index is 610. The number of carbonyl (C=O) groups excluding carboxylic acids is 1. The van der Waals surface area contributed by atoms with E-state index in [-0.39, 0.29) is 35.8 Å². The van der Waals surface area contributed by atoms with Gasteiger partial charge >= 0.3 is 0 Å². The first kappa shape index (κ1) is 22.8. The maximum atomic E-state index is 12.2. The minimum atomic E-state index is 0. The van der Waals surface area contributed by atoms with Crippen molar-refractivity contribution in [3.63, 3.8) is 0 Å². The molecule has 1 saturated heterocycles. The van der Waals surface area contributed by atoms with Crippen LogP contribution in [0.15, 0.2) is 35.3 Å². The molecule has 2 aliphatic rings. The number of hydrogen-bond acceptors (Lipinski definition) is 3. The Kier molecular flexibility index (Phi) is 9.87. The number of anilines is 1. The highest BCUT2D eigenvalue weighted by Crippen LogP contribution is 2.23. The van der Waals surface area contributed by atoms with E-state index in [9.17, 15) is 4.79 Å². The van der Waals surface area contributed by atoms with Crippen molar-refractivity contribution in [3.8, 4) is 0 Å². The Balaban J connectivity index is 0.00000280. The zero-order valence-corrected chi connectivity index (χ0v) is 19.2. The van der Waals surface area contributed by atoms with E-state index >= 15 is 0 Å². The Morgan fingerprint density at radius 2 is 1.64 bits per heavy atom. The summed E-state index contributed by atoms with van der Waals surface area (Å²) in [4.78, 5) is 21.3. The van der Waals surface area contributed by atoms with Crippen LogP contribution in [0, 0.1) is 5.92 Å². The lowest BCUT2D eigenvalue weighted by molar-refractivity contribution is -0.125. The molecule has 0 bridgehead atoms. The molecular weight excluding hydrogens is 465 g/mol. The molecule has 156 valence electrons. The second-order valence-corrected chi connectivity index (χ2v) is 7.41. The van der Waals surface area contributed by atoms with E-state index in [4.69, 9.17) is 0 Å². The quantitative estimate of drug-likeness (QED) is 0.283. The fraction of sp³-hybridized carbons (Fsp3) is 0.619. The molecule has 2 fully saturated rings. The zero-order valence-electron chi connectivity index (χ0n) is 16.9. The predicted molar refractivity (Wildman–Crippen MR) is 127 cm³/mol. The molecule has 28 heavy (non-hydrogen) atoms. The van der Waals surface area contributed by atoms with Crippen LogP contribution in [0.25, 0.3) is 0 Å². The molecule has 1 heterocycles. The number of amides is 1. The SMILES string of the molecule is CN=C(NCCNC(=O)C1CCCCC1)N1CCN(c2ccccc2)CC1.I. The summed E-state index contributed by atoms with van der Waals surface area (Å²) >= 11 is 0. The molecule has 1 aliphatic carbocycles. The number of rotatable bonds is 5. The first-order valence-corrected chi connectivity index (χ1v) is 10.3. The van der Waals surface area contributed by atoms with Crippen LogP contribution in [0.1, 0.15) is 32.1 Å². The molecule has 1 saturated carbocycles. The van der Waals surface area contributed by atoms with Crippen molar-refractivity contribution < 1.29 is 4.79 Å². The highest BCUT2D eigenvalue weighted by atomic mass is 127. The number of aliphatic imine (C=N–C) groups is 1. The van der Waals surface area contributed by atoms with Crippen LogP contribution in [0.3, 0.4) is 0 Å². The number of guanidine groups is 1. The predicted octanol–water partition coefficient (Wildman–Crippen LogP) is 2.70. The van der Waals surface area contributed by atoms with Crippen molar-refractivity contribution in [1.29, 1.82) is 0 Å². The summed E-state index contributed by atoms with van der Waals surface area (Å²) in [7, 11) is 1.83. The highest BCUT2D eigenvalue weighted by Gasteiger charge is 2.21. The van der Waals surface area contributed by atoms with Crippen molar-refractivity contribution in [3.05, 3.63) is 30.3 Å². The number of halogens is 1. The minimum Gasteiger partial charge on any atom is -0.368 e. The lowest BCUT2D eigenvalue weighted by Gasteiger charge is -2.37. The van der Waals surface area contributed by atoms with E-state index in [1.54, 1.807) is 0 Å². The average Bonchev–Trinajstić information content (AvgIpc) is 2.75. The smallest absolute Gasteiger partial charge is 0.223 e. The summed E-state index contributed by atoms with van der Waals surface area (Å²) in [5, 5.41) is 6.47. The molecule has 1 aromatic carbocycles. The van der Waals surface area contributed by atoms with Crippen molar-refractivity contribution in [2.75, 3.05) is 51.2 Å². The Morgan fingerprint density at radius 1 is 1.00 bits per heavy atom. The van der Waals surface area contributed by atoms with E-state index in [1.807, 2.05) is 7.05 Å². The summed E-state index contributed by atoms with van der Waals surface area (Å²) in [6.45, 7) is 5.24. The topological polar surface area (TPSA) is 60.0 Å². The van der Waals surface area contributed by atoms with Gasteiger partial charge < -0.3 is 20.4 Å². The van der Waals surface area contributed by atoms with Gasteiger partial charge in [-0.3, -0.25) is 9.79 Å². The third kappa shape index (κ3) is 6.53. The summed E-state index contributed by atoms with van der Waals surface area (Å²) in [5.41, 5.74) is 1.28. The van der Waals surface area contributed by atoms with Gasteiger partial charge in [0.2, 0.25) is 5.91 Å². The van der Waals surface area contributed by atoms with Crippen molar-refractivity contribution in [2.45, 2.75) is 32.1 Å². The maximum absolute atomic E-state index is 12.2. The van der Waals surface area contributed by atoms with Gasteiger partial charge in [0.15, 0.2) is 5.96 Å². The number of nitrogens with one attached hydrogen (secondary N) is 2. The Morgan fingerprint density at radius 3 is 2.29 bits per heavy atom. The largest absolute Gasteiger partial charge is 0.368 e. The lowest BCUT2D eigenvalue weighted by atomic mass is 9.89. The molecule has 0 aromatic heterocycles. The van der Waals surface area contributed by atoms with Gasteiger partial charge in [-0.15, -0.1) is 24.0 Å². The first-order valence-electron chi connectivity index (χ1n) is 10.3. The molecule has 7 heteroatoms. The van der Waals surface area contributed by atoms with Crippen LogP contribution < -0.4 is 15.5 Å². The monoisotopic (exact) mass is 499 g/mol. The third-order valence-corrected chi connectivity index (χ3v) is 5.60. The number of benzene rings is 1. The van der Waals surface area contributed by atoms with Gasteiger partial charge in [0.1, 0.15) is 0 Å². The van der Waals surface area contributed by atoms with Crippen LogP contribution in [-0.4, -0.2) is 63.1 Å². The Labute approximate surface area is 186 Å². The summed E-state index contributed by atoms with van der Waals surface area (Å²) in [6.07, 6.45) is 5.76. The lowest BCUT2D eigenvalue weighted by Crippen LogP contribution is -2.53. The third-order valence-electron chi connectivity index (χ3n) is 5.60. The zero-order chi connectivity index (χ0) is 18.9. The minimum absolute atomic E-state index is 0. The molecule has 0 atom stereocenters. The van der Waals surface area contributed by atoms with Gasteiger partial charge in [0, 0.05) is 57.9 Å². The molecule has 0 spiro atoms. The summed E-state index contributed by atoms with van der Waals surface area (Å²) in [6, 6.07) is 10.6. The standard InChI is InChI=1S/C21H33N5O.HI/c1-22-21(24-13-12-23-20(27)18-8-4-2-5-9-18)26-16-14-25(15-17-26)19-10-6-3-7-11-19;/h3,6-7,10-11,18H,2,4-5,8-9,12-17H2,1H3,(H,22,24)(H,23,27);1H. The molecule has 3 rings (SSSR count). The summed E-state index contributed by atoms with van der Waals surface area (Å²) in [5.74, 6) is 1.38. The second-order valence-electron chi connectivity index (χ2n) is 7.41. The molecule has 6 nitrogen and oxygen atoms in total. The van der Waals surface area contributed by atoms with Crippen molar-refractivity contribution in [1.82, 2.24) is 15.5 Å². The van der Waals surface area contributed by atoms with E-state index in [0.717, 1.165) is 45.0 Å². The van der Waals surface area contributed by atoms with E-state index in [2.05, 4.69) is 55.8 Å². The molecule has 0 unspecified atom stereocenters. The van der Waals surface area contributed by atoms with Gasteiger partial charge in [-0.05, 0) is 25.0 Å². The summed E-state index contributed by atoms with van der Waals surface area (Å²) < 4.78 is 0. The van der Waals surface area contributed by atoms with E-state index in [0.29, 0.717) is 13.1 Å². The molecule has 0 radical (unpaired) electrons. The normalized spacial score (nSPS) is 18.4. The van der Waals surface area contributed by atoms with Crippen LogP contribution in [0.5, 0.6) is 0 Å². The highest BCUT2D eigenvalue weighted by molar-refractivity contribution is 14.0. The van der Waals surface area contributed by atoms with Gasteiger partial charge in [-0.25, -0.2) is 0 Å². The fourth-order valence-corrected chi connectivity index (χ4v) is 4.02. The molecule has 1 aromatic rings. The number of piperazine rings is 1. The fourth-order valence-electron chi connectivity index (χ4n) is 4.02. The molecular formula is C21H34IN5O. The number of nitrogens with zero attached hydrogens (tertiary/aromatic N) is 3. The molecule has 2 N–H and O–H groups in total. The van der Waals surface area contributed by atoms with E-state index in [1.165, 1.54) is 24.9 Å². The molecule has 1 aliphatic heterocycles. The van der Waals surface area contributed by atoms with Crippen LogP contribution in [0.2, 0.25) is 0 Å². The van der Waals surface area contributed by atoms with Gasteiger partial charge in [0.25, 0.3) is 0 Å². The van der Waals surface area contributed by atoms with E-state index < -0.39 is 0 Å². The maximum Gasteiger partial charge on any atom is 0.223 e.